The minimum Gasteiger partial charge on any atom is -0.493 e. The Balaban J connectivity index is 2.23. The van der Waals surface area contributed by atoms with Crippen molar-refractivity contribution >= 4 is 17.6 Å². The maximum atomic E-state index is 11.7. The smallest absolute Gasteiger partial charge is 0.310 e. The van der Waals surface area contributed by atoms with E-state index in [2.05, 4.69) is 6.92 Å². The van der Waals surface area contributed by atoms with Gasteiger partial charge in [0.25, 0.3) is 0 Å². The maximum Gasteiger partial charge on any atom is 0.310 e. The molecule has 0 aromatic heterocycles. The molecule has 25 heavy (non-hydrogen) atoms. The zero-order valence-corrected chi connectivity index (χ0v) is 15.6. The Kier molecular flexibility index (Phi) is 7.14. The van der Waals surface area contributed by atoms with Crippen LogP contribution in [0.1, 0.15) is 38.3 Å². The van der Waals surface area contributed by atoms with E-state index < -0.39 is 0 Å². The summed E-state index contributed by atoms with van der Waals surface area (Å²) in [5.41, 5.74) is 1.77. The third kappa shape index (κ3) is 5.13. The lowest BCUT2D eigenvalue weighted by Crippen LogP contribution is -2.10. The Labute approximate surface area is 153 Å². The van der Waals surface area contributed by atoms with Gasteiger partial charge in [0.2, 0.25) is 0 Å². The second-order valence-corrected chi connectivity index (χ2v) is 5.80. The molecule has 134 valence electrons. The topological polar surface area (TPSA) is 44.8 Å². The van der Waals surface area contributed by atoms with Crippen molar-refractivity contribution in [2.24, 2.45) is 0 Å². The molecule has 0 radical (unpaired) electrons. The van der Waals surface area contributed by atoms with Crippen molar-refractivity contribution in [3.63, 3.8) is 0 Å². The van der Waals surface area contributed by atoms with E-state index in [0.29, 0.717) is 40.9 Å². The number of hydrogen-bond donors (Lipinski definition) is 0. The first kappa shape index (κ1) is 19.1. The summed E-state index contributed by atoms with van der Waals surface area (Å²) in [6.45, 7) is 6.43. The molecule has 0 amide bonds. The summed E-state index contributed by atoms with van der Waals surface area (Å²) in [5, 5.41) is 0.677. The van der Waals surface area contributed by atoms with Crippen molar-refractivity contribution in [1.82, 2.24) is 0 Å². The Hall–Kier alpha value is -2.20. The molecule has 0 fully saturated rings. The average molecular weight is 363 g/mol. The number of rotatable bonds is 8. The number of hydrogen-bond acceptors (Lipinski definition) is 4. The summed E-state index contributed by atoms with van der Waals surface area (Å²) in [6.07, 6.45) is 1.16. The normalized spacial score (nSPS) is 10.4. The molecule has 2 aromatic carbocycles. The first-order valence-electron chi connectivity index (χ1n) is 8.45. The zero-order chi connectivity index (χ0) is 18.2. The number of carbonyl (C=O) groups excluding carboxylic acids is 1. The number of aryl methyl sites for hydroxylation is 1. The number of ether oxygens (including phenoxy) is 3. The van der Waals surface area contributed by atoms with Crippen LogP contribution >= 0.6 is 11.6 Å². The van der Waals surface area contributed by atoms with Crippen LogP contribution < -0.4 is 14.2 Å². The molecule has 0 saturated carbocycles. The van der Waals surface area contributed by atoms with Crippen molar-refractivity contribution in [2.45, 2.75) is 40.2 Å². The van der Waals surface area contributed by atoms with E-state index in [4.69, 9.17) is 25.8 Å². The van der Waals surface area contributed by atoms with Gasteiger partial charge in [-0.2, -0.15) is 0 Å². The summed E-state index contributed by atoms with van der Waals surface area (Å²) in [4.78, 5) is 11.7. The predicted octanol–water partition coefficient (Wildman–Crippen LogP) is 5.20. The molecule has 0 heterocycles. The van der Waals surface area contributed by atoms with Gasteiger partial charge in [-0.15, -0.1) is 0 Å². The molecule has 0 saturated heterocycles. The van der Waals surface area contributed by atoms with Gasteiger partial charge in [-0.1, -0.05) is 37.6 Å². The monoisotopic (exact) mass is 362 g/mol. The van der Waals surface area contributed by atoms with E-state index in [1.54, 1.807) is 25.1 Å². The maximum absolute atomic E-state index is 11.7. The highest BCUT2D eigenvalue weighted by Crippen LogP contribution is 2.31. The molecule has 0 unspecified atom stereocenters. The van der Waals surface area contributed by atoms with Crippen molar-refractivity contribution in [3.8, 4) is 17.2 Å². The van der Waals surface area contributed by atoms with Crippen LogP contribution in [0.3, 0.4) is 0 Å². The molecule has 0 aliphatic rings. The second kappa shape index (κ2) is 9.33. The van der Waals surface area contributed by atoms with E-state index in [1.807, 2.05) is 25.1 Å². The first-order valence-corrected chi connectivity index (χ1v) is 8.83. The molecule has 4 nitrogen and oxygen atoms in total. The SMILES string of the molecule is CCOc1cccc(OC(=O)CC)c1COc1ccc(CC)c(Cl)c1. The van der Waals surface area contributed by atoms with Crippen molar-refractivity contribution < 1.29 is 19.0 Å². The Bertz CT molecular complexity index is 728. The minimum atomic E-state index is -0.301. The number of halogens is 1. The summed E-state index contributed by atoms with van der Waals surface area (Å²) >= 11 is 6.24. The summed E-state index contributed by atoms with van der Waals surface area (Å²) in [5.74, 6) is 1.45. The van der Waals surface area contributed by atoms with E-state index in [9.17, 15) is 4.79 Å². The first-order chi connectivity index (χ1) is 12.1. The van der Waals surface area contributed by atoms with Gasteiger partial charge >= 0.3 is 5.97 Å². The molecule has 2 aromatic rings. The van der Waals surface area contributed by atoms with E-state index in [1.165, 1.54) is 0 Å². The highest BCUT2D eigenvalue weighted by molar-refractivity contribution is 6.31. The van der Waals surface area contributed by atoms with Crippen LogP contribution in [0.5, 0.6) is 17.2 Å². The van der Waals surface area contributed by atoms with Gasteiger partial charge in [0.05, 0.1) is 12.2 Å². The Morgan fingerprint density at radius 1 is 1.04 bits per heavy atom. The van der Waals surface area contributed by atoms with Crippen molar-refractivity contribution in [3.05, 3.63) is 52.5 Å². The lowest BCUT2D eigenvalue weighted by molar-refractivity contribution is -0.134. The van der Waals surface area contributed by atoms with E-state index in [0.717, 1.165) is 12.0 Å². The van der Waals surface area contributed by atoms with Crippen LogP contribution in [0, 0.1) is 0 Å². The summed E-state index contributed by atoms with van der Waals surface area (Å²) in [6, 6.07) is 11.0. The zero-order valence-electron chi connectivity index (χ0n) is 14.8. The molecule has 0 aliphatic heterocycles. The minimum absolute atomic E-state index is 0.213. The van der Waals surface area contributed by atoms with Gasteiger partial charge in [0.1, 0.15) is 23.9 Å². The molecule has 0 bridgehead atoms. The second-order valence-electron chi connectivity index (χ2n) is 5.39. The highest BCUT2D eigenvalue weighted by Gasteiger charge is 2.14. The molecular weight excluding hydrogens is 340 g/mol. The average Bonchev–Trinajstić information content (AvgIpc) is 2.61. The predicted molar refractivity (Wildman–Crippen MR) is 98.7 cm³/mol. The molecule has 2 rings (SSSR count). The van der Waals surface area contributed by atoms with Gasteiger partial charge in [-0.25, -0.2) is 0 Å². The number of esters is 1. The van der Waals surface area contributed by atoms with Gasteiger partial charge in [-0.05, 0) is 43.2 Å². The molecule has 0 aliphatic carbocycles. The quantitative estimate of drug-likeness (QED) is 0.478. The van der Waals surface area contributed by atoms with Crippen LogP contribution in [0.15, 0.2) is 36.4 Å². The molecule has 0 spiro atoms. The van der Waals surface area contributed by atoms with Crippen LogP contribution in [-0.4, -0.2) is 12.6 Å². The fourth-order valence-electron chi connectivity index (χ4n) is 2.33. The van der Waals surface area contributed by atoms with Crippen LogP contribution in [0.2, 0.25) is 5.02 Å². The number of carbonyl (C=O) groups is 1. The van der Waals surface area contributed by atoms with Gasteiger partial charge in [-0.3, -0.25) is 4.79 Å². The Morgan fingerprint density at radius 2 is 1.80 bits per heavy atom. The van der Waals surface area contributed by atoms with E-state index >= 15 is 0 Å². The third-order valence-corrected chi connectivity index (χ3v) is 4.04. The number of benzene rings is 2. The Morgan fingerprint density at radius 3 is 2.44 bits per heavy atom. The lowest BCUT2D eigenvalue weighted by Gasteiger charge is -2.16. The molecular formula is C20H23ClO4. The molecule has 5 heteroatoms. The van der Waals surface area contributed by atoms with Crippen molar-refractivity contribution in [1.29, 1.82) is 0 Å². The molecule has 0 N–H and O–H groups in total. The fourth-order valence-corrected chi connectivity index (χ4v) is 2.63. The fraction of sp³-hybridized carbons (Fsp3) is 0.350. The van der Waals surface area contributed by atoms with Gasteiger partial charge in [0, 0.05) is 11.4 Å². The van der Waals surface area contributed by atoms with Crippen LogP contribution in [0.4, 0.5) is 0 Å². The molecule has 0 atom stereocenters. The van der Waals surface area contributed by atoms with E-state index in [-0.39, 0.29) is 12.6 Å². The van der Waals surface area contributed by atoms with Gasteiger partial charge < -0.3 is 14.2 Å². The summed E-state index contributed by atoms with van der Waals surface area (Å²) < 4.78 is 16.9. The highest BCUT2D eigenvalue weighted by atomic mass is 35.5. The van der Waals surface area contributed by atoms with Crippen LogP contribution in [-0.2, 0) is 17.8 Å². The van der Waals surface area contributed by atoms with Crippen LogP contribution in [0.25, 0.3) is 0 Å². The third-order valence-electron chi connectivity index (χ3n) is 3.69. The van der Waals surface area contributed by atoms with Gasteiger partial charge in [0.15, 0.2) is 0 Å². The standard InChI is InChI=1S/C20H23ClO4/c1-4-14-10-11-15(12-17(14)21)24-13-16-18(23-6-3)8-7-9-19(16)25-20(22)5-2/h7-12H,4-6,13H2,1-3H3. The summed E-state index contributed by atoms with van der Waals surface area (Å²) in [7, 11) is 0. The largest absolute Gasteiger partial charge is 0.493 e. The van der Waals surface area contributed by atoms with Crippen molar-refractivity contribution in [2.75, 3.05) is 6.61 Å². The lowest BCUT2D eigenvalue weighted by atomic mass is 10.1.